The van der Waals surface area contributed by atoms with Crippen LogP contribution < -0.4 is 10.2 Å². The number of halogens is 1. The van der Waals surface area contributed by atoms with Gasteiger partial charge in [-0.05, 0) is 46.6 Å². The highest BCUT2D eigenvalue weighted by Crippen LogP contribution is 2.29. The molecule has 112 valence electrons. The first-order valence-corrected chi connectivity index (χ1v) is 8.87. The van der Waals surface area contributed by atoms with Crippen molar-refractivity contribution < 1.29 is 0 Å². The van der Waals surface area contributed by atoms with Crippen molar-refractivity contribution in [3.05, 3.63) is 27.8 Å². The third kappa shape index (κ3) is 3.48. The lowest BCUT2D eigenvalue weighted by molar-refractivity contribution is 0.281. The second-order valence-corrected chi connectivity index (χ2v) is 7.48. The van der Waals surface area contributed by atoms with Gasteiger partial charge in [-0.25, -0.2) is 0 Å². The largest absolute Gasteiger partial charge is 0.365 e. The summed E-state index contributed by atoms with van der Waals surface area (Å²) in [4.78, 5) is 2.64. The first-order chi connectivity index (χ1) is 9.54. The standard InChI is InChI=1S/C17H27IN2/c1-5-13(4)15-11-20(17(10-19-15)12(2)3)16-9-7-6-8-14(16)18/h6-9,12-13,15,17,19H,5,10-11H2,1-4H3. The van der Waals surface area contributed by atoms with E-state index >= 15 is 0 Å². The van der Waals surface area contributed by atoms with Crippen molar-refractivity contribution in [1.29, 1.82) is 0 Å². The Morgan fingerprint density at radius 1 is 1.30 bits per heavy atom. The fourth-order valence-electron chi connectivity index (χ4n) is 3.02. The van der Waals surface area contributed by atoms with Gasteiger partial charge in [-0.3, -0.25) is 0 Å². The van der Waals surface area contributed by atoms with Gasteiger partial charge in [0.15, 0.2) is 0 Å². The van der Waals surface area contributed by atoms with Crippen LogP contribution in [0.15, 0.2) is 24.3 Å². The lowest BCUT2D eigenvalue weighted by atomic mass is 9.91. The number of rotatable bonds is 4. The lowest BCUT2D eigenvalue weighted by Crippen LogP contribution is -2.60. The molecule has 3 heteroatoms. The monoisotopic (exact) mass is 386 g/mol. The van der Waals surface area contributed by atoms with Crippen LogP contribution >= 0.6 is 22.6 Å². The molecule has 0 bridgehead atoms. The molecule has 1 aromatic rings. The molecule has 1 aliphatic rings. The minimum atomic E-state index is 0.589. The topological polar surface area (TPSA) is 15.3 Å². The predicted molar refractivity (Wildman–Crippen MR) is 96.4 cm³/mol. The summed E-state index contributed by atoms with van der Waals surface area (Å²) in [6.07, 6.45) is 1.24. The van der Waals surface area contributed by atoms with Gasteiger partial charge >= 0.3 is 0 Å². The highest BCUT2D eigenvalue weighted by atomic mass is 127. The smallest absolute Gasteiger partial charge is 0.0505 e. The van der Waals surface area contributed by atoms with E-state index in [4.69, 9.17) is 0 Å². The summed E-state index contributed by atoms with van der Waals surface area (Å²) in [5.74, 6) is 1.39. The minimum Gasteiger partial charge on any atom is -0.365 e. The van der Waals surface area contributed by atoms with Crippen LogP contribution in [0, 0.1) is 15.4 Å². The highest BCUT2D eigenvalue weighted by molar-refractivity contribution is 14.1. The zero-order chi connectivity index (χ0) is 14.7. The van der Waals surface area contributed by atoms with Crippen LogP contribution in [-0.4, -0.2) is 25.2 Å². The first kappa shape index (κ1) is 16.1. The summed E-state index contributed by atoms with van der Waals surface area (Å²) in [5.41, 5.74) is 1.40. The Hall–Kier alpha value is -0.290. The summed E-state index contributed by atoms with van der Waals surface area (Å²) in [6, 6.07) is 9.97. The highest BCUT2D eigenvalue weighted by Gasteiger charge is 2.32. The SMILES string of the molecule is CCC(C)C1CN(c2ccccc2I)C(C(C)C)CN1. The van der Waals surface area contributed by atoms with E-state index in [0.29, 0.717) is 18.0 Å². The molecule has 3 unspecified atom stereocenters. The van der Waals surface area contributed by atoms with Crippen LogP contribution in [0.25, 0.3) is 0 Å². The molecule has 0 radical (unpaired) electrons. The maximum absolute atomic E-state index is 3.78. The van der Waals surface area contributed by atoms with Gasteiger partial charge in [0.05, 0.1) is 5.69 Å². The second-order valence-electron chi connectivity index (χ2n) is 6.32. The summed E-state index contributed by atoms with van der Waals surface area (Å²) in [6.45, 7) is 11.5. The van der Waals surface area contributed by atoms with Crippen LogP contribution in [0.5, 0.6) is 0 Å². The number of anilines is 1. The van der Waals surface area contributed by atoms with Gasteiger partial charge in [0, 0.05) is 28.7 Å². The van der Waals surface area contributed by atoms with Crippen molar-refractivity contribution in [2.45, 2.75) is 46.2 Å². The number of para-hydroxylation sites is 1. The Labute approximate surface area is 137 Å². The van der Waals surface area contributed by atoms with Crippen molar-refractivity contribution in [3.63, 3.8) is 0 Å². The molecule has 3 atom stereocenters. The van der Waals surface area contributed by atoms with Crippen LogP contribution in [0.4, 0.5) is 5.69 Å². The molecule has 0 saturated carbocycles. The van der Waals surface area contributed by atoms with E-state index in [2.05, 4.69) is 84.8 Å². The van der Waals surface area contributed by atoms with Crippen molar-refractivity contribution >= 4 is 28.3 Å². The van der Waals surface area contributed by atoms with Gasteiger partial charge in [-0.2, -0.15) is 0 Å². The summed E-state index contributed by atoms with van der Waals surface area (Å²) < 4.78 is 1.36. The molecule has 1 aliphatic heterocycles. The number of nitrogens with one attached hydrogen (secondary N) is 1. The van der Waals surface area contributed by atoms with Gasteiger partial charge in [-0.15, -0.1) is 0 Å². The van der Waals surface area contributed by atoms with Crippen molar-refractivity contribution in [2.24, 2.45) is 11.8 Å². The number of hydrogen-bond acceptors (Lipinski definition) is 2. The Balaban J connectivity index is 2.26. The lowest BCUT2D eigenvalue weighted by Gasteiger charge is -2.45. The normalized spacial score (nSPS) is 25.0. The van der Waals surface area contributed by atoms with E-state index in [1.54, 1.807) is 0 Å². The van der Waals surface area contributed by atoms with Crippen LogP contribution in [0.2, 0.25) is 0 Å². The Kier molecular flexibility index (Phi) is 5.73. The van der Waals surface area contributed by atoms with Gasteiger partial charge in [-0.1, -0.05) is 46.2 Å². The third-order valence-corrected chi connectivity index (χ3v) is 5.56. The molecule has 2 nitrogen and oxygen atoms in total. The zero-order valence-electron chi connectivity index (χ0n) is 13.1. The number of nitrogens with zero attached hydrogens (tertiary/aromatic N) is 1. The molecular formula is C17H27IN2. The van der Waals surface area contributed by atoms with Crippen molar-refractivity contribution in [1.82, 2.24) is 5.32 Å². The molecule has 2 rings (SSSR count). The molecule has 1 heterocycles. The first-order valence-electron chi connectivity index (χ1n) is 7.79. The van der Waals surface area contributed by atoms with E-state index in [-0.39, 0.29) is 0 Å². The molecule has 0 aromatic heterocycles. The summed E-state index contributed by atoms with van der Waals surface area (Å²) in [5, 5.41) is 3.78. The van der Waals surface area contributed by atoms with E-state index < -0.39 is 0 Å². The number of hydrogen-bond donors (Lipinski definition) is 1. The molecule has 1 N–H and O–H groups in total. The molecule has 0 amide bonds. The maximum atomic E-state index is 3.78. The van der Waals surface area contributed by atoms with E-state index in [0.717, 1.165) is 19.0 Å². The molecule has 20 heavy (non-hydrogen) atoms. The van der Waals surface area contributed by atoms with Crippen LogP contribution in [-0.2, 0) is 0 Å². The maximum Gasteiger partial charge on any atom is 0.0505 e. The Morgan fingerprint density at radius 3 is 2.60 bits per heavy atom. The average molecular weight is 386 g/mol. The zero-order valence-corrected chi connectivity index (χ0v) is 15.2. The van der Waals surface area contributed by atoms with Gasteiger partial charge in [0.25, 0.3) is 0 Å². The Bertz CT molecular complexity index is 433. The van der Waals surface area contributed by atoms with Crippen molar-refractivity contribution in [3.8, 4) is 0 Å². The molecule has 1 aromatic carbocycles. The summed E-state index contributed by atoms with van der Waals surface area (Å²) >= 11 is 2.47. The second kappa shape index (κ2) is 7.12. The minimum absolute atomic E-state index is 0.589. The quantitative estimate of drug-likeness (QED) is 0.783. The molecule has 0 spiro atoms. The Morgan fingerprint density at radius 2 is 2.00 bits per heavy atom. The fourth-order valence-corrected chi connectivity index (χ4v) is 3.71. The van der Waals surface area contributed by atoms with Crippen LogP contribution in [0.1, 0.15) is 34.1 Å². The van der Waals surface area contributed by atoms with E-state index in [1.807, 2.05) is 0 Å². The average Bonchev–Trinajstić information content (AvgIpc) is 2.46. The van der Waals surface area contributed by atoms with Gasteiger partial charge in [0.1, 0.15) is 0 Å². The molecule has 1 saturated heterocycles. The number of benzene rings is 1. The fraction of sp³-hybridized carbons (Fsp3) is 0.647. The molecule has 1 fully saturated rings. The van der Waals surface area contributed by atoms with E-state index in [9.17, 15) is 0 Å². The molecular weight excluding hydrogens is 359 g/mol. The predicted octanol–water partition coefficient (Wildman–Crippen LogP) is 4.14. The van der Waals surface area contributed by atoms with Gasteiger partial charge in [0.2, 0.25) is 0 Å². The van der Waals surface area contributed by atoms with Crippen LogP contribution in [0.3, 0.4) is 0 Å². The van der Waals surface area contributed by atoms with Crippen molar-refractivity contribution in [2.75, 3.05) is 18.0 Å². The van der Waals surface area contributed by atoms with E-state index in [1.165, 1.54) is 15.7 Å². The number of piperazine rings is 1. The molecule has 0 aliphatic carbocycles. The summed E-state index contributed by atoms with van der Waals surface area (Å²) in [7, 11) is 0. The third-order valence-electron chi connectivity index (χ3n) is 4.65. The van der Waals surface area contributed by atoms with Gasteiger partial charge < -0.3 is 10.2 Å².